The van der Waals surface area contributed by atoms with Crippen molar-refractivity contribution in [2.24, 2.45) is 0 Å². The minimum absolute atomic E-state index is 0.0608. The molecule has 1 saturated heterocycles. The van der Waals surface area contributed by atoms with E-state index in [2.05, 4.69) is 5.10 Å². The maximum atomic E-state index is 12.9. The Morgan fingerprint density at radius 3 is 2.39 bits per heavy atom. The van der Waals surface area contributed by atoms with Gasteiger partial charge in [-0.2, -0.15) is 5.10 Å². The van der Waals surface area contributed by atoms with Crippen LogP contribution in [-0.2, 0) is 13.0 Å². The zero-order valence-electron chi connectivity index (χ0n) is 15.9. The predicted molar refractivity (Wildman–Crippen MR) is 105 cm³/mol. The number of fused-ring (bicyclic) bond motifs is 1. The van der Waals surface area contributed by atoms with E-state index < -0.39 is 0 Å². The maximum Gasteiger partial charge on any atom is 0.274 e. The van der Waals surface area contributed by atoms with Gasteiger partial charge in [-0.05, 0) is 43.5 Å². The van der Waals surface area contributed by atoms with Gasteiger partial charge in [-0.3, -0.25) is 14.3 Å². The van der Waals surface area contributed by atoms with Crippen LogP contribution in [0.15, 0.2) is 24.3 Å². The Morgan fingerprint density at radius 1 is 1.00 bits per heavy atom. The Morgan fingerprint density at radius 2 is 1.71 bits per heavy atom. The minimum atomic E-state index is -0.135. The van der Waals surface area contributed by atoms with Crippen molar-refractivity contribution < 1.29 is 14.3 Å². The van der Waals surface area contributed by atoms with E-state index in [4.69, 9.17) is 16.3 Å². The van der Waals surface area contributed by atoms with Gasteiger partial charge in [0.25, 0.3) is 11.8 Å². The summed E-state index contributed by atoms with van der Waals surface area (Å²) < 4.78 is 7.23. The molecule has 1 fully saturated rings. The van der Waals surface area contributed by atoms with Gasteiger partial charge in [-0.25, -0.2) is 0 Å². The number of aryl methyl sites for hydroxylation is 2. The lowest BCUT2D eigenvalue weighted by Gasteiger charge is -2.34. The molecule has 2 aliphatic rings. The van der Waals surface area contributed by atoms with Gasteiger partial charge >= 0.3 is 0 Å². The molecule has 0 unspecified atom stereocenters. The molecule has 1 aromatic carbocycles. The Kier molecular flexibility index (Phi) is 5.26. The lowest BCUT2D eigenvalue weighted by molar-refractivity contribution is 0.0530. The normalized spacial score (nSPS) is 16.6. The fraction of sp³-hybridized carbons (Fsp3) is 0.450. The summed E-state index contributed by atoms with van der Waals surface area (Å²) in [5, 5.41) is 4.96. The van der Waals surface area contributed by atoms with Crippen LogP contribution in [0.5, 0.6) is 5.75 Å². The molecule has 28 heavy (non-hydrogen) atoms. The molecule has 1 aromatic heterocycles. The number of benzene rings is 1. The van der Waals surface area contributed by atoms with Crippen LogP contribution in [-0.4, -0.2) is 64.7 Å². The van der Waals surface area contributed by atoms with Crippen LogP contribution in [0.25, 0.3) is 0 Å². The number of carbonyl (C=O) groups is 2. The molecule has 0 saturated carbocycles. The molecule has 3 heterocycles. The molecule has 0 spiro atoms. The summed E-state index contributed by atoms with van der Waals surface area (Å²) in [7, 11) is 1.53. The molecule has 7 nitrogen and oxygen atoms in total. The third-order valence-electron chi connectivity index (χ3n) is 5.38. The van der Waals surface area contributed by atoms with Crippen LogP contribution >= 0.6 is 11.6 Å². The Hall–Kier alpha value is -2.54. The van der Waals surface area contributed by atoms with Crippen molar-refractivity contribution in [1.29, 1.82) is 0 Å². The molecule has 8 heteroatoms. The van der Waals surface area contributed by atoms with Gasteiger partial charge in [0.2, 0.25) is 0 Å². The molecule has 0 N–H and O–H groups in total. The van der Waals surface area contributed by atoms with Crippen LogP contribution in [0.3, 0.4) is 0 Å². The van der Waals surface area contributed by atoms with E-state index in [1.165, 1.54) is 7.11 Å². The number of carbonyl (C=O) groups excluding carboxylic acids is 2. The molecular weight excluding hydrogens is 380 g/mol. The van der Waals surface area contributed by atoms with E-state index in [1.807, 2.05) is 10.7 Å². The quantitative estimate of drug-likeness (QED) is 0.791. The van der Waals surface area contributed by atoms with E-state index in [1.54, 1.807) is 28.0 Å². The molecule has 148 valence electrons. The van der Waals surface area contributed by atoms with E-state index >= 15 is 0 Å². The van der Waals surface area contributed by atoms with Gasteiger partial charge < -0.3 is 14.5 Å². The molecular formula is C20H23ClN4O3. The SMILES string of the molecule is COc1ccc(Cl)cc1C(=O)N1CCN(C(=O)c2cc3n(n2)CCCC3)CC1. The highest BCUT2D eigenvalue weighted by atomic mass is 35.5. The molecule has 0 bridgehead atoms. The van der Waals surface area contributed by atoms with Crippen molar-refractivity contribution >= 4 is 23.4 Å². The summed E-state index contributed by atoms with van der Waals surface area (Å²) in [5.41, 5.74) is 2.08. The summed E-state index contributed by atoms with van der Waals surface area (Å²) >= 11 is 6.04. The highest BCUT2D eigenvalue weighted by Gasteiger charge is 2.28. The van der Waals surface area contributed by atoms with Crippen molar-refractivity contribution in [2.45, 2.75) is 25.8 Å². The van der Waals surface area contributed by atoms with Crippen LogP contribution in [0, 0.1) is 0 Å². The molecule has 0 radical (unpaired) electrons. The minimum Gasteiger partial charge on any atom is -0.496 e. The van der Waals surface area contributed by atoms with Crippen molar-refractivity contribution in [3.8, 4) is 5.75 Å². The molecule has 0 aliphatic carbocycles. The van der Waals surface area contributed by atoms with Gasteiger partial charge in [0, 0.05) is 43.4 Å². The first kappa shape index (κ1) is 18.8. The summed E-state index contributed by atoms with van der Waals surface area (Å²) in [4.78, 5) is 29.2. The largest absolute Gasteiger partial charge is 0.496 e. The molecule has 2 amide bonds. The zero-order valence-corrected chi connectivity index (χ0v) is 16.6. The molecule has 0 atom stereocenters. The predicted octanol–water partition coefficient (Wildman–Crippen LogP) is 2.48. The van der Waals surface area contributed by atoms with Crippen molar-refractivity contribution in [3.05, 3.63) is 46.2 Å². The fourth-order valence-corrected chi connectivity index (χ4v) is 3.99. The lowest BCUT2D eigenvalue weighted by atomic mass is 10.1. The number of hydrogen-bond acceptors (Lipinski definition) is 4. The number of hydrogen-bond donors (Lipinski definition) is 0. The lowest BCUT2D eigenvalue weighted by Crippen LogP contribution is -2.50. The summed E-state index contributed by atoms with van der Waals surface area (Å²) in [5.74, 6) is 0.301. The van der Waals surface area contributed by atoms with E-state index in [9.17, 15) is 9.59 Å². The molecule has 2 aliphatic heterocycles. The molecule has 4 rings (SSSR count). The highest BCUT2D eigenvalue weighted by Crippen LogP contribution is 2.25. The number of ether oxygens (including phenoxy) is 1. The first-order valence-corrected chi connectivity index (χ1v) is 9.93. The van der Waals surface area contributed by atoms with Gasteiger partial charge in [0.1, 0.15) is 5.75 Å². The van der Waals surface area contributed by atoms with Gasteiger partial charge in [0.05, 0.1) is 12.7 Å². The van der Waals surface area contributed by atoms with Gasteiger partial charge in [0.15, 0.2) is 5.69 Å². The monoisotopic (exact) mass is 402 g/mol. The third-order valence-corrected chi connectivity index (χ3v) is 5.62. The second-order valence-electron chi connectivity index (χ2n) is 7.13. The Balaban J connectivity index is 1.42. The number of nitrogens with zero attached hydrogens (tertiary/aromatic N) is 4. The van der Waals surface area contributed by atoms with E-state index in [0.29, 0.717) is 48.2 Å². The zero-order chi connectivity index (χ0) is 19.7. The van der Waals surface area contributed by atoms with Crippen molar-refractivity contribution in [3.63, 3.8) is 0 Å². The van der Waals surface area contributed by atoms with Crippen LogP contribution in [0.4, 0.5) is 0 Å². The Labute approximate surface area is 168 Å². The van der Waals surface area contributed by atoms with Crippen molar-refractivity contribution in [2.75, 3.05) is 33.3 Å². The smallest absolute Gasteiger partial charge is 0.274 e. The summed E-state index contributed by atoms with van der Waals surface area (Å²) in [6, 6.07) is 6.92. The molecule has 2 aromatic rings. The first-order chi connectivity index (χ1) is 13.6. The highest BCUT2D eigenvalue weighted by molar-refractivity contribution is 6.31. The number of halogens is 1. The number of rotatable bonds is 3. The number of piperazine rings is 1. The topological polar surface area (TPSA) is 67.7 Å². The van der Waals surface area contributed by atoms with Gasteiger partial charge in [-0.15, -0.1) is 0 Å². The maximum absolute atomic E-state index is 12.9. The Bertz CT molecular complexity index is 879. The number of methoxy groups -OCH3 is 1. The second-order valence-corrected chi connectivity index (χ2v) is 7.57. The number of aromatic nitrogens is 2. The second kappa shape index (κ2) is 7.83. The average molecular weight is 403 g/mol. The summed E-state index contributed by atoms with van der Waals surface area (Å²) in [6.45, 7) is 2.78. The standard InChI is InChI=1S/C20H23ClN4O3/c1-28-18-6-5-14(21)12-16(18)19(26)23-8-10-24(11-9-23)20(27)17-13-15-4-2-3-7-25(15)22-17/h5-6,12-13H,2-4,7-11H2,1H3. The van der Waals surface area contributed by atoms with Crippen LogP contribution in [0.2, 0.25) is 5.02 Å². The number of amides is 2. The summed E-state index contributed by atoms with van der Waals surface area (Å²) in [6.07, 6.45) is 3.23. The average Bonchev–Trinajstić information content (AvgIpc) is 3.17. The fourth-order valence-electron chi connectivity index (χ4n) is 3.81. The van der Waals surface area contributed by atoms with E-state index in [-0.39, 0.29) is 11.8 Å². The van der Waals surface area contributed by atoms with Crippen LogP contribution in [0.1, 0.15) is 39.4 Å². The van der Waals surface area contributed by atoms with Crippen molar-refractivity contribution in [1.82, 2.24) is 19.6 Å². The van der Waals surface area contributed by atoms with Crippen LogP contribution < -0.4 is 4.74 Å². The first-order valence-electron chi connectivity index (χ1n) is 9.55. The van der Waals surface area contributed by atoms with Gasteiger partial charge in [-0.1, -0.05) is 11.6 Å². The van der Waals surface area contributed by atoms with E-state index in [0.717, 1.165) is 31.5 Å². The third kappa shape index (κ3) is 3.58.